The van der Waals surface area contributed by atoms with Crippen molar-refractivity contribution in [3.8, 4) is 0 Å². The molecule has 0 saturated carbocycles. The molecule has 0 radical (unpaired) electrons. The van der Waals surface area contributed by atoms with Gasteiger partial charge in [0.15, 0.2) is 0 Å². The van der Waals surface area contributed by atoms with E-state index in [2.05, 4.69) is 20.8 Å². The standard InChI is InChI=1S/C19H19N5O5/c1-10(2)24-18(28)12-4-3-11(9-13(12)19(24)29)16(26)20-7-8-21-17(27)14-5-6-15(25)23-22-14/h3-6,9-10H,7-8H2,1-2H3,(H,20,26)(H,21,27)(H,23,25). The number of fused-ring (bicyclic) bond motifs is 1. The van der Waals surface area contributed by atoms with Crippen LogP contribution >= 0.6 is 0 Å². The van der Waals surface area contributed by atoms with E-state index in [-0.39, 0.29) is 47.4 Å². The molecule has 0 spiro atoms. The van der Waals surface area contributed by atoms with Crippen LogP contribution in [-0.2, 0) is 0 Å². The van der Waals surface area contributed by atoms with Crippen LogP contribution in [0.15, 0.2) is 35.1 Å². The van der Waals surface area contributed by atoms with Gasteiger partial charge in [-0.3, -0.25) is 28.9 Å². The average molecular weight is 397 g/mol. The van der Waals surface area contributed by atoms with Crippen molar-refractivity contribution in [2.75, 3.05) is 13.1 Å². The van der Waals surface area contributed by atoms with Crippen LogP contribution in [0.3, 0.4) is 0 Å². The number of rotatable bonds is 6. The van der Waals surface area contributed by atoms with Crippen molar-refractivity contribution in [2.24, 2.45) is 0 Å². The Labute approximate surface area is 165 Å². The van der Waals surface area contributed by atoms with Crippen LogP contribution in [0.2, 0.25) is 0 Å². The van der Waals surface area contributed by atoms with Gasteiger partial charge in [-0.1, -0.05) is 0 Å². The first-order valence-electron chi connectivity index (χ1n) is 8.93. The largest absolute Gasteiger partial charge is 0.350 e. The van der Waals surface area contributed by atoms with Crippen LogP contribution in [0.1, 0.15) is 55.4 Å². The highest BCUT2D eigenvalue weighted by molar-refractivity contribution is 6.22. The Kier molecular flexibility index (Phi) is 5.53. The predicted octanol–water partition coefficient (Wildman–Crippen LogP) is -0.0659. The molecule has 3 rings (SSSR count). The highest BCUT2D eigenvalue weighted by Gasteiger charge is 2.37. The first kappa shape index (κ1) is 19.9. The Morgan fingerprint density at radius 1 is 0.966 bits per heavy atom. The zero-order valence-corrected chi connectivity index (χ0v) is 15.8. The predicted molar refractivity (Wildman–Crippen MR) is 102 cm³/mol. The third-order valence-electron chi connectivity index (χ3n) is 4.30. The molecule has 2 heterocycles. The Balaban J connectivity index is 1.56. The molecule has 0 bridgehead atoms. The second-order valence-corrected chi connectivity index (χ2v) is 6.65. The number of carbonyl (C=O) groups is 4. The van der Waals surface area contributed by atoms with Gasteiger partial charge in [-0.15, -0.1) is 0 Å². The van der Waals surface area contributed by atoms with E-state index in [9.17, 15) is 24.0 Å². The fraction of sp³-hybridized carbons (Fsp3) is 0.263. The quantitative estimate of drug-likeness (QED) is 0.460. The molecule has 1 aromatic heterocycles. The molecule has 1 aliphatic heterocycles. The summed E-state index contributed by atoms with van der Waals surface area (Å²) in [6.45, 7) is 3.75. The monoisotopic (exact) mass is 397 g/mol. The number of hydrogen-bond donors (Lipinski definition) is 3. The minimum absolute atomic E-state index is 0.0486. The van der Waals surface area contributed by atoms with E-state index in [0.29, 0.717) is 0 Å². The smallest absolute Gasteiger partial charge is 0.271 e. The molecule has 0 unspecified atom stereocenters. The van der Waals surface area contributed by atoms with Crippen LogP contribution in [0.25, 0.3) is 0 Å². The summed E-state index contributed by atoms with van der Waals surface area (Å²) < 4.78 is 0. The molecule has 0 saturated heterocycles. The fourth-order valence-electron chi connectivity index (χ4n) is 2.89. The molecule has 1 aromatic carbocycles. The minimum Gasteiger partial charge on any atom is -0.350 e. The van der Waals surface area contributed by atoms with E-state index in [1.165, 1.54) is 30.3 Å². The van der Waals surface area contributed by atoms with Gasteiger partial charge in [0.2, 0.25) is 0 Å². The number of imide groups is 1. The molecule has 0 atom stereocenters. The first-order chi connectivity index (χ1) is 13.8. The van der Waals surface area contributed by atoms with Gasteiger partial charge in [0.05, 0.1) is 11.1 Å². The van der Waals surface area contributed by atoms with E-state index in [1.54, 1.807) is 13.8 Å². The Hall–Kier alpha value is -3.82. The van der Waals surface area contributed by atoms with E-state index in [0.717, 1.165) is 4.90 Å². The number of nitrogens with zero attached hydrogens (tertiary/aromatic N) is 2. The van der Waals surface area contributed by atoms with Crippen LogP contribution in [0.4, 0.5) is 0 Å². The van der Waals surface area contributed by atoms with Crippen molar-refractivity contribution >= 4 is 23.6 Å². The summed E-state index contributed by atoms with van der Waals surface area (Å²) >= 11 is 0. The van der Waals surface area contributed by atoms with E-state index >= 15 is 0 Å². The number of carbonyl (C=O) groups excluding carboxylic acids is 4. The molecule has 150 valence electrons. The zero-order valence-electron chi connectivity index (χ0n) is 15.8. The number of benzene rings is 1. The number of nitrogens with one attached hydrogen (secondary N) is 3. The van der Waals surface area contributed by atoms with Crippen molar-refractivity contribution in [3.05, 3.63) is 63.1 Å². The summed E-state index contributed by atoms with van der Waals surface area (Å²) in [6.07, 6.45) is 0. The molecule has 3 N–H and O–H groups in total. The number of aromatic amines is 1. The average Bonchev–Trinajstić information content (AvgIpc) is 2.95. The van der Waals surface area contributed by atoms with Crippen molar-refractivity contribution in [1.82, 2.24) is 25.7 Å². The second-order valence-electron chi connectivity index (χ2n) is 6.65. The normalized spacial score (nSPS) is 12.9. The highest BCUT2D eigenvalue weighted by Crippen LogP contribution is 2.25. The molecule has 2 aromatic rings. The fourth-order valence-corrected chi connectivity index (χ4v) is 2.89. The summed E-state index contributed by atoms with van der Waals surface area (Å²) in [5, 5.41) is 10.9. The molecule has 10 heteroatoms. The molecular weight excluding hydrogens is 378 g/mol. The first-order valence-corrected chi connectivity index (χ1v) is 8.93. The summed E-state index contributed by atoms with van der Waals surface area (Å²) in [6, 6.07) is 6.54. The zero-order chi connectivity index (χ0) is 21.1. The maximum absolute atomic E-state index is 12.4. The van der Waals surface area contributed by atoms with Crippen LogP contribution in [-0.4, -0.2) is 57.9 Å². The number of H-pyrrole nitrogens is 1. The molecule has 29 heavy (non-hydrogen) atoms. The van der Waals surface area contributed by atoms with Crippen LogP contribution < -0.4 is 16.2 Å². The van der Waals surface area contributed by atoms with Gasteiger partial charge >= 0.3 is 0 Å². The van der Waals surface area contributed by atoms with Gasteiger partial charge in [-0.2, -0.15) is 5.10 Å². The van der Waals surface area contributed by atoms with E-state index in [1.807, 2.05) is 0 Å². The molecule has 4 amide bonds. The lowest BCUT2D eigenvalue weighted by molar-refractivity contribution is 0.0608. The Morgan fingerprint density at radius 2 is 1.62 bits per heavy atom. The summed E-state index contributed by atoms with van der Waals surface area (Å²) in [5.74, 6) is -1.72. The molecular formula is C19H19N5O5. The van der Waals surface area contributed by atoms with Crippen molar-refractivity contribution in [1.29, 1.82) is 0 Å². The van der Waals surface area contributed by atoms with Crippen molar-refractivity contribution in [3.63, 3.8) is 0 Å². The second kappa shape index (κ2) is 8.05. The van der Waals surface area contributed by atoms with Crippen LogP contribution in [0.5, 0.6) is 0 Å². The van der Waals surface area contributed by atoms with Gasteiger partial charge in [0, 0.05) is 30.8 Å². The molecule has 1 aliphatic rings. The minimum atomic E-state index is -0.495. The maximum Gasteiger partial charge on any atom is 0.271 e. The van der Waals surface area contributed by atoms with Gasteiger partial charge in [0.25, 0.3) is 29.2 Å². The maximum atomic E-state index is 12.4. The van der Waals surface area contributed by atoms with Gasteiger partial charge < -0.3 is 10.6 Å². The van der Waals surface area contributed by atoms with E-state index in [4.69, 9.17) is 0 Å². The molecule has 0 fully saturated rings. The molecule has 0 aliphatic carbocycles. The lowest BCUT2D eigenvalue weighted by Crippen LogP contribution is -2.36. The summed E-state index contributed by atoms with van der Waals surface area (Å²) in [7, 11) is 0. The lowest BCUT2D eigenvalue weighted by atomic mass is 10.1. The number of hydrogen-bond acceptors (Lipinski definition) is 6. The van der Waals surface area contributed by atoms with Gasteiger partial charge in [-0.25, -0.2) is 5.10 Å². The Bertz CT molecular complexity index is 1040. The SMILES string of the molecule is CC(C)N1C(=O)c2ccc(C(=O)NCCNC(=O)c3ccc(=O)[nH]n3)cc2C1=O. The topological polar surface area (TPSA) is 141 Å². The van der Waals surface area contributed by atoms with Crippen molar-refractivity contribution < 1.29 is 19.2 Å². The van der Waals surface area contributed by atoms with E-state index < -0.39 is 23.3 Å². The highest BCUT2D eigenvalue weighted by atomic mass is 16.2. The van der Waals surface area contributed by atoms with Gasteiger partial charge in [0.1, 0.15) is 5.69 Å². The van der Waals surface area contributed by atoms with Crippen molar-refractivity contribution in [2.45, 2.75) is 19.9 Å². The van der Waals surface area contributed by atoms with Gasteiger partial charge in [-0.05, 0) is 38.1 Å². The third-order valence-corrected chi connectivity index (χ3v) is 4.30. The third kappa shape index (κ3) is 4.05. The summed E-state index contributed by atoms with van der Waals surface area (Å²) in [5.41, 5.74) is 0.353. The van der Waals surface area contributed by atoms with Crippen LogP contribution in [0, 0.1) is 0 Å². The lowest BCUT2D eigenvalue weighted by Gasteiger charge is -2.17. The number of aromatic nitrogens is 2. The Morgan fingerprint density at radius 3 is 2.24 bits per heavy atom. The number of amides is 4. The molecule has 10 nitrogen and oxygen atoms in total. The summed E-state index contributed by atoms with van der Waals surface area (Å²) in [4.78, 5) is 61.0.